The van der Waals surface area contributed by atoms with Crippen LogP contribution in [0, 0.1) is 5.82 Å². The third-order valence-electron chi connectivity index (χ3n) is 2.61. The molecule has 0 heterocycles. The molecule has 0 fully saturated rings. The Morgan fingerprint density at radius 2 is 1.80 bits per heavy atom. The molecule has 0 atom stereocenters. The zero-order chi connectivity index (χ0) is 14.7. The topological polar surface area (TPSA) is 38.3 Å². The highest BCUT2D eigenvalue weighted by atomic mass is 35.5. The molecule has 0 saturated heterocycles. The Balaban J connectivity index is 2.40. The standard InChI is InChI=1S/C14H10Cl2FNO2/c1-20-13-9(16)7-6-8(15)12(13)14(19)18-11-5-3-2-4-10(11)17/h2-7H,1H3,(H,18,19). The molecule has 0 spiro atoms. The van der Waals surface area contributed by atoms with Gasteiger partial charge in [0.2, 0.25) is 0 Å². The highest BCUT2D eigenvalue weighted by Gasteiger charge is 2.20. The van der Waals surface area contributed by atoms with Crippen LogP contribution in [0.3, 0.4) is 0 Å². The number of hydrogen-bond acceptors (Lipinski definition) is 2. The van der Waals surface area contributed by atoms with Crippen molar-refractivity contribution in [2.75, 3.05) is 12.4 Å². The van der Waals surface area contributed by atoms with Crippen molar-refractivity contribution in [3.8, 4) is 5.75 Å². The monoisotopic (exact) mass is 313 g/mol. The summed E-state index contributed by atoms with van der Waals surface area (Å²) in [5.41, 5.74) is 0.112. The second-order valence-corrected chi connectivity index (χ2v) is 4.69. The van der Waals surface area contributed by atoms with E-state index in [2.05, 4.69) is 5.32 Å². The Hall–Kier alpha value is -1.78. The van der Waals surface area contributed by atoms with Crippen LogP contribution in [-0.4, -0.2) is 13.0 Å². The van der Waals surface area contributed by atoms with Crippen LogP contribution in [0.4, 0.5) is 10.1 Å². The SMILES string of the molecule is COc1c(Cl)ccc(Cl)c1C(=O)Nc1ccccc1F. The molecule has 0 aliphatic carbocycles. The van der Waals surface area contributed by atoms with Gasteiger partial charge in [-0.3, -0.25) is 4.79 Å². The summed E-state index contributed by atoms with van der Waals surface area (Å²) in [5, 5.41) is 2.84. The van der Waals surface area contributed by atoms with Gasteiger partial charge in [0.1, 0.15) is 11.4 Å². The number of benzene rings is 2. The molecule has 2 rings (SSSR count). The maximum atomic E-state index is 13.5. The molecule has 6 heteroatoms. The largest absolute Gasteiger partial charge is 0.494 e. The van der Waals surface area contributed by atoms with Crippen molar-refractivity contribution < 1.29 is 13.9 Å². The number of carbonyl (C=O) groups is 1. The highest BCUT2D eigenvalue weighted by molar-refractivity contribution is 6.37. The Labute approximate surface area is 125 Å². The lowest BCUT2D eigenvalue weighted by atomic mass is 10.1. The average Bonchev–Trinajstić information content (AvgIpc) is 2.43. The fraction of sp³-hybridized carbons (Fsp3) is 0.0714. The number of amides is 1. The van der Waals surface area contributed by atoms with Crippen molar-refractivity contribution in [3.05, 3.63) is 57.8 Å². The van der Waals surface area contributed by atoms with Crippen molar-refractivity contribution in [1.82, 2.24) is 0 Å². The maximum absolute atomic E-state index is 13.5. The van der Waals surface area contributed by atoms with Crippen LogP contribution in [0.1, 0.15) is 10.4 Å². The maximum Gasteiger partial charge on any atom is 0.261 e. The van der Waals surface area contributed by atoms with Crippen molar-refractivity contribution in [3.63, 3.8) is 0 Å². The third-order valence-corrected chi connectivity index (χ3v) is 3.22. The summed E-state index contributed by atoms with van der Waals surface area (Å²) >= 11 is 11.9. The highest BCUT2D eigenvalue weighted by Crippen LogP contribution is 2.34. The van der Waals surface area contributed by atoms with E-state index < -0.39 is 11.7 Å². The van der Waals surface area contributed by atoms with Crippen molar-refractivity contribution in [2.24, 2.45) is 0 Å². The Morgan fingerprint density at radius 3 is 2.45 bits per heavy atom. The molecule has 0 aliphatic rings. The van der Waals surface area contributed by atoms with Gasteiger partial charge >= 0.3 is 0 Å². The van der Waals surface area contributed by atoms with E-state index in [1.807, 2.05) is 0 Å². The van der Waals surface area contributed by atoms with Crippen LogP contribution in [-0.2, 0) is 0 Å². The van der Waals surface area contributed by atoms with Gasteiger partial charge in [0, 0.05) is 0 Å². The number of para-hydroxylation sites is 1. The van der Waals surface area contributed by atoms with Crippen LogP contribution in [0.25, 0.3) is 0 Å². The summed E-state index contributed by atoms with van der Waals surface area (Å²) < 4.78 is 18.6. The minimum Gasteiger partial charge on any atom is -0.494 e. The quantitative estimate of drug-likeness (QED) is 0.912. The molecule has 2 aromatic rings. The van der Waals surface area contributed by atoms with E-state index in [-0.39, 0.29) is 27.0 Å². The Morgan fingerprint density at radius 1 is 1.15 bits per heavy atom. The summed E-state index contributed by atoms with van der Waals surface area (Å²) in [7, 11) is 1.37. The zero-order valence-corrected chi connectivity index (χ0v) is 11.9. The van der Waals surface area contributed by atoms with E-state index in [1.54, 1.807) is 6.07 Å². The number of anilines is 1. The van der Waals surface area contributed by atoms with Crippen molar-refractivity contribution in [2.45, 2.75) is 0 Å². The van der Waals surface area contributed by atoms with Crippen LogP contribution in [0.5, 0.6) is 5.75 Å². The summed E-state index contributed by atoms with van der Waals surface area (Å²) in [6.07, 6.45) is 0. The molecular formula is C14H10Cl2FNO2. The van der Waals surface area contributed by atoms with Crippen LogP contribution >= 0.6 is 23.2 Å². The number of methoxy groups -OCH3 is 1. The number of ether oxygens (including phenoxy) is 1. The smallest absolute Gasteiger partial charge is 0.261 e. The summed E-state index contributed by atoms with van der Waals surface area (Å²) in [4.78, 5) is 12.2. The first kappa shape index (κ1) is 14.6. The van der Waals surface area contributed by atoms with Gasteiger partial charge in [0.05, 0.1) is 22.8 Å². The Kier molecular flexibility index (Phi) is 4.47. The molecule has 2 aromatic carbocycles. The molecule has 0 radical (unpaired) electrons. The van der Waals surface area contributed by atoms with Gasteiger partial charge in [-0.2, -0.15) is 0 Å². The first-order valence-electron chi connectivity index (χ1n) is 5.62. The lowest BCUT2D eigenvalue weighted by Gasteiger charge is -2.12. The molecule has 20 heavy (non-hydrogen) atoms. The van der Waals surface area contributed by atoms with Gasteiger partial charge < -0.3 is 10.1 Å². The number of nitrogens with one attached hydrogen (secondary N) is 1. The summed E-state index contributed by atoms with van der Waals surface area (Å²) in [6, 6.07) is 8.81. The van der Waals surface area contributed by atoms with Gasteiger partial charge in [0.25, 0.3) is 5.91 Å². The van der Waals surface area contributed by atoms with Crippen molar-refractivity contribution >= 4 is 34.8 Å². The Bertz CT molecular complexity index is 662. The van der Waals surface area contributed by atoms with Gasteiger partial charge in [-0.05, 0) is 24.3 Å². The molecule has 1 N–H and O–H groups in total. The van der Waals surface area contributed by atoms with Gasteiger partial charge in [-0.1, -0.05) is 35.3 Å². The molecule has 3 nitrogen and oxygen atoms in total. The molecule has 0 aliphatic heterocycles. The fourth-order valence-corrected chi connectivity index (χ4v) is 2.16. The second-order valence-electron chi connectivity index (χ2n) is 3.87. The van der Waals surface area contributed by atoms with Crippen molar-refractivity contribution in [1.29, 1.82) is 0 Å². The molecule has 0 saturated carbocycles. The molecule has 0 unspecified atom stereocenters. The number of carbonyl (C=O) groups excluding carboxylic acids is 1. The lowest BCUT2D eigenvalue weighted by molar-refractivity contribution is 0.102. The first-order chi connectivity index (χ1) is 9.54. The van der Waals surface area contributed by atoms with E-state index in [0.717, 1.165) is 0 Å². The normalized spacial score (nSPS) is 10.2. The summed E-state index contributed by atoms with van der Waals surface area (Å²) in [6.45, 7) is 0. The first-order valence-corrected chi connectivity index (χ1v) is 6.38. The minimum atomic E-state index is -0.598. The molecule has 0 bridgehead atoms. The van der Waals surface area contributed by atoms with E-state index in [1.165, 1.54) is 37.4 Å². The van der Waals surface area contributed by atoms with E-state index >= 15 is 0 Å². The van der Waals surface area contributed by atoms with E-state index in [9.17, 15) is 9.18 Å². The van der Waals surface area contributed by atoms with Gasteiger partial charge in [-0.25, -0.2) is 4.39 Å². The third kappa shape index (κ3) is 2.86. The molecular weight excluding hydrogens is 304 g/mol. The average molecular weight is 314 g/mol. The summed E-state index contributed by atoms with van der Waals surface area (Å²) in [5.74, 6) is -0.995. The zero-order valence-electron chi connectivity index (χ0n) is 10.4. The molecule has 0 aromatic heterocycles. The van der Waals surface area contributed by atoms with E-state index in [4.69, 9.17) is 27.9 Å². The minimum absolute atomic E-state index is 0.0515. The predicted molar refractivity (Wildman–Crippen MR) is 77.4 cm³/mol. The predicted octanol–water partition coefficient (Wildman–Crippen LogP) is 4.39. The second kappa shape index (κ2) is 6.11. The number of rotatable bonds is 3. The van der Waals surface area contributed by atoms with Gasteiger partial charge in [0.15, 0.2) is 5.75 Å². The van der Waals surface area contributed by atoms with E-state index in [0.29, 0.717) is 0 Å². The fourth-order valence-electron chi connectivity index (χ4n) is 1.69. The van der Waals surface area contributed by atoms with Crippen LogP contribution in [0.15, 0.2) is 36.4 Å². The number of halogens is 3. The molecule has 1 amide bonds. The molecule has 104 valence electrons. The van der Waals surface area contributed by atoms with Crippen LogP contribution < -0.4 is 10.1 Å². The lowest BCUT2D eigenvalue weighted by Crippen LogP contribution is -2.15. The van der Waals surface area contributed by atoms with Gasteiger partial charge in [-0.15, -0.1) is 0 Å². The number of hydrogen-bond donors (Lipinski definition) is 1. The van der Waals surface area contributed by atoms with Crippen LogP contribution in [0.2, 0.25) is 10.0 Å².